The highest BCUT2D eigenvalue weighted by Crippen LogP contribution is 2.20. The molecule has 1 aromatic rings. The van der Waals surface area contributed by atoms with Crippen molar-refractivity contribution >= 4 is 5.91 Å². The van der Waals surface area contributed by atoms with Crippen molar-refractivity contribution in [3.63, 3.8) is 0 Å². The molecule has 1 fully saturated rings. The normalized spacial score (nSPS) is 20.7. The number of carbonyl (C=O) groups is 1. The molecule has 1 heterocycles. The molecule has 80 valence electrons. The standard InChI is InChI=1S/C13H17NO/c1-10-6-3-4-8-12(10)13(15)14-9-5-7-11(14)2/h3-4,6,8,11H,5,7,9H2,1-2H3. The number of benzene rings is 1. The van der Waals surface area contributed by atoms with Crippen LogP contribution in [0.3, 0.4) is 0 Å². The fraction of sp³-hybridized carbons (Fsp3) is 0.462. The predicted molar refractivity (Wildman–Crippen MR) is 60.9 cm³/mol. The lowest BCUT2D eigenvalue weighted by Gasteiger charge is -2.22. The molecule has 1 unspecified atom stereocenters. The van der Waals surface area contributed by atoms with Gasteiger partial charge in [-0.3, -0.25) is 4.79 Å². The summed E-state index contributed by atoms with van der Waals surface area (Å²) in [7, 11) is 0. The molecule has 1 saturated heterocycles. The predicted octanol–water partition coefficient (Wildman–Crippen LogP) is 2.62. The van der Waals surface area contributed by atoms with Gasteiger partial charge in [0.15, 0.2) is 0 Å². The highest BCUT2D eigenvalue weighted by Gasteiger charge is 2.26. The van der Waals surface area contributed by atoms with Gasteiger partial charge in [0, 0.05) is 18.2 Å². The quantitative estimate of drug-likeness (QED) is 0.687. The van der Waals surface area contributed by atoms with Gasteiger partial charge in [0.05, 0.1) is 0 Å². The summed E-state index contributed by atoms with van der Waals surface area (Å²) in [6, 6.07) is 8.22. The van der Waals surface area contributed by atoms with Gasteiger partial charge in [-0.2, -0.15) is 0 Å². The second-order valence-corrected chi connectivity index (χ2v) is 4.30. The zero-order valence-electron chi connectivity index (χ0n) is 9.36. The maximum absolute atomic E-state index is 12.2. The average molecular weight is 203 g/mol. The summed E-state index contributed by atoms with van der Waals surface area (Å²) in [6.45, 7) is 5.03. The monoisotopic (exact) mass is 203 g/mol. The number of rotatable bonds is 1. The Hall–Kier alpha value is -1.31. The molecule has 0 bridgehead atoms. The summed E-state index contributed by atoms with van der Waals surface area (Å²) in [5, 5.41) is 0. The van der Waals surface area contributed by atoms with E-state index >= 15 is 0 Å². The van der Waals surface area contributed by atoms with E-state index in [4.69, 9.17) is 0 Å². The minimum atomic E-state index is 0.193. The van der Waals surface area contributed by atoms with Crippen LogP contribution in [0.5, 0.6) is 0 Å². The summed E-state index contributed by atoms with van der Waals surface area (Å²) in [6.07, 6.45) is 2.27. The maximum atomic E-state index is 12.2. The Morgan fingerprint density at radius 2 is 2.13 bits per heavy atom. The Morgan fingerprint density at radius 3 is 2.73 bits per heavy atom. The fourth-order valence-electron chi connectivity index (χ4n) is 2.20. The zero-order valence-corrected chi connectivity index (χ0v) is 9.36. The van der Waals surface area contributed by atoms with Crippen LogP contribution in [0, 0.1) is 6.92 Å². The molecule has 2 heteroatoms. The van der Waals surface area contributed by atoms with Gasteiger partial charge >= 0.3 is 0 Å². The summed E-state index contributed by atoms with van der Waals surface area (Å²) >= 11 is 0. The average Bonchev–Trinajstić information content (AvgIpc) is 2.64. The van der Waals surface area contributed by atoms with E-state index in [0.717, 1.165) is 30.5 Å². The van der Waals surface area contributed by atoms with Crippen molar-refractivity contribution in [1.29, 1.82) is 0 Å². The first kappa shape index (κ1) is 10.2. The van der Waals surface area contributed by atoms with E-state index in [1.54, 1.807) is 0 Å². The Balaban J connectivity index is 2.24. The molecular formula is C13H17NO. The highest BCUT2D eigenvalue weighted by atomic mass is 16.2. The van der Waals surface area contributed by atoms with Crippen molar-refractivity contribution in [3.8, 4) is 0 Å². The summed E-state index contributed by atoms with van der Waals surface area (Å²) in [5.74, 6) is 0.193. The van der Waals surface area contributed by atoms with E-state index in [1.807, 2.05) is 36.1 Å². The summed E-state index contributed by atoms with van der Waals surface area (Å²) in [5.41, 5.74) is 1.92. The Morgan fingerprint density at radius 1 is 1.40 bits per heavy atom. The van der Waals surface area contributed by atoms with E-state index in [0.29, 0.717) is 6.04 Å². The van der Waals surface area contributed by atoms with Gasteiger partial charge < -0.3 is 4.90 Å². The molecule has 15 heavy (non-hydrogen) atoms. The number of hydrogen-bond acceptors (Lipinski definition) is 1. The lowest BCUT2D eigenvalue weighted by Crippen LogP contribution is -2.33. The molecule has 0 aliphatic carbocycles. The van der Waals surface area contributed by atoms with Crippen molar-refractivity contribution in [2.24, 2.45) is 0 Å². The molecule has 0 aromatic heterocycles. The second kappa shape index (κ2) is 4.05. The largest absolute Gasteiger partial charge is 0.336 e. The third-order valence-electron chi connectivity index (χ3n) is 3.19. The number of nitrogens with zero attached hydrogens (tertiary/aromatic N) is 1. The lowest BCUT2D eigenvalue weighted by molar-refractivity contribution is 0.0747. The molecule has 2 nitrogen and oxygen atoms in total. The SMILES string of the molecule is Cc1ccccc1C(=O)N1CCCC1C. The van der Waals surface area contributed by atoms with Crippen molar-refractivity contribution in [2.75, 3.05) is 6.54 Å². The number of likely N-dealkylation sites (tertiary alicyclic amines) is 1. The molecule has 0 spiro atoms. The van der Waals surface area contributed by atoms with Gasteiger partial charge in [-0.15, -0.1) is 0 Å². The molecule has 1 aromatic carbocycles. The van der Waals surface area contributed by atoms with Crippen LogP contribution in [0.4, 0.5) is 0 Å². The first-order valence-corrected chi connectivity index (χ1v) is 5.57. The number of hydrogen-bond donors (Lipinski definition) is 0. The van der Waals surface area contributed by atoms with E-state index in [1.165, 1.54) is 0 Å². The second-order valence-electron chi connectivity index (χ2n) is 4.30. The Bertz CT molecular complexity index is 373. The Labute approximate surface area is 90.9 Å². The van der Waals surface area contributed by atoms with Gasteiger partial charge in [0.1, 0.15) is 0 Å². The van der Waals surface area contributed by atoms with Gasteiger partial charge in [-0.25, -0.2) is 0 Å². The van der Waals surface area contributed by atoms with Crippen molar-refractivity contribution in [1.82, 2.24) is 4.90 Å². The highest BCUT2D eigenvalue weighted by molar-refractivity contribution is 5.95. The van der Waals surface area contributed by atoms with Crippen LogP contribution in [-0.4, -0.2) is 23.4 Å². The Kier molecular flexibility index (Phi) is 2.76. The smallest absolute Gasteiger partial charge is 0.254 e. The minimum absolute atomic E-state index is 0.193. The molecule has 1 atom stereocenters. The van der Waals surface area contributed by atoms with Gasteiger partial charge in [0.2, 0.25) is 0 Å². The van der Waals surface area contributed by atoms with Crippen molar-refractivity contribution in [2.45, 2.75) is 32.7 Å². The zero-order chi connectivity index (χ0) is 10.8. The van der Waals surface area contributed by atoms with Crippen LogP contribution in [0.25, 0.3) is 0 Å². The molecule has 1 aliphatic heterocycles. The number of carbonyl (C=O) groups excluding carboxylic acids is 1. The fourth-order valence-corrected chi connectivity index (χ4v) is 2.20. The van der Waals surface area contributed by atoms with Gasteiger partial charge in [0.25, 0.3) is 5.91 Å². The molecule has 0 radical (unpaired) electrons. The van der Waals surface area contributed by atoms with E-state index < -0.39 is 0 Å². The van der Waals surface area contributed by atoms with Crippen LogP contribution in [0.15, 0.2) is 24.3 Å². The summed E-state index contributed by atoms with van der Waals surface area (Å²) < 4.78 is 0. The summed E-state index contributed by atoms with van der Waals surface area (Å²) in [4.78, 5) is 14.2. The maximum Gasteiger partial charge on any atom is 0.254 e. The molecule has 1 aliphatic rings. The number of amides is 1. The topological polar surface area (TPSA) is 20.3 Å². The molecule has 0 N–H and O–H groups in total. The van der Waals surface area contributed by atoms with Gasteiger partial charge in [-0.05, 0) is 38.3 Å². The van der Waals surface area contributed by atoms with E-state index in [9.17, 15) is 4.79 Å². The molecule has 0 saturated carbocycles. The van der Waals surface area contributed by atoms with Crippen molar-refractivity contribution in [3.05, 3.63) is 35.4 Å². The third kappa shape index (κ3) is 1.89. The number of aryl methyl sites for hydroxylation is 1. The lowest BCUT2D eigenvalue weighted by atomic mass is 10.1. The first-order valence-electron chi connectivity index (χ1n) is 5.57. The molecule has 2 rings (SSSR count). The van der Waals surface area contributed by atoms with Crippen LogP contribution in [0.1, 0.15) is 35.7 Å². The minimum Gasteiger partial charge on any atom is -0.336 e. The first-order chi connectivity index (χ1) is 7.20. The molecular weight excluding hydrogens is 186 g/mol. The van der Waals surface area contributed by atoms with Crippen LogP contribution in [-0.2, 0) is 0 Å². The van der Waals surface area contributed by atoms with Crippen LogP contribution in [0.2, 0.25) is 0 Å². The van der Waals surface area contributed by atoms with E-state index in [-0.39, 0.29) is 5.91 Å². The van der Waals surface area contributed by atoms with Gasteiger partial charge in [-0.1, -0.05) is 18.2 Å². The third-order valence-corrected chi connectivity index (χ3v) is 3.19. The molecule has 1 amide bonds. The van der Waals surface area contributed by atoms with E-state index in [2.05, 4.69) is 6.92 Å². The van der Waals surface area contributed by atoms with Crippen LogP contribution >= 0.6 is 0 Å². The van der Waals surface area contributed by atoms with Crippen LogP contribution < -0.4 is 0 Å². The van der Waals surface area contributed by atoms with Crippen molar-refractivity contribution < 1.29 is 4.79 Å².